The van der Waals surface area contributed by atoms with Crippen LogP contribution in [-0.2, 0) is 0 Å². The van der Waals surface area contributed by atoms with E-state index >= 15 is 0 Å². The lowest BCUT2D eigenvalue weighted by Crippen LogP contribution is -2.36. The zero-order valence-electron chi connectivity index (χ0n) is 13.9. The maximum atomic E-state index is 12.4. The third-order valence-corrected chi connectivity index (χ3v) is 4.41. The molecule has 1 aromatic carbocycles. The van der Waals surface area contributed by atoms with Gasteiger partial charge in [-0.2, -0.15) is 0 Å². The minimum Gasteiger partial charge on any atom is -0.497 e. The number of hydrogen-bond donors (Lipinski definition) is 2. The first-order chi connectivity index (χ1) is 11.8. The van der Waals surface area contributed by atoms with E-state index in [-0.39, 0.29) is 5.91 Å². The first-order valence-electron chi connectivity index (χ1n) is 8.34. The van der Waals surface area contributed by atoms with Crippen molar-refractivity contribution in [2.75, 3.05) is 26.7 Å². The zero-order chi connectivity index (χ0) is 16.8. The largest absolute Gasteiger partial charge is 0.497 e. The summed E-state index contributed by atoms with van der Waals surface area (Å²) in [6.45, 7) is 2.80. The third kappa shape index (κ3) is 4.11. The van der Waals surface area contributed by atoms with Crippen LogP contribution in [-0.4, -0.2) is 37.6 Å². The predicted octanol–water partition coefficient (Wildman–Crippen LogP) is 2.49. The van der Waals surface area contributed by atoms with Crippen LogP contribution in [0.4, 0.5) is 0 Å². The van der Waals surface area contributed by atoms with Crippen LogP contribution in [0.1, 0.15) is 23.2 Å². The Labute approximate surface area is 142 Å². The molecule has 0 unspecified atom stereocenters. The van der Waals surface area contributed by atoms with Crippen molar-refractivity contribution in [3.63, 3.8) is 0 Å². The number of nitrogens with zero attached hydrogens (tertiary/aromatic N) is 1. The van der Waals surface area contributed by atoms with E-state index in [2.05, 4.69) is 15.6 Å². The summed E-state index contributed by atoms with van der Waals surface area (Å²) in [6.07, 6.45) is 5.60. The van der Waals surface area contributed by atoms with E-state index < -0.39 is 0 Å². The highest BCUT2D eigenvalue weighted by Gasteiger charge is 2.15. The molecule has 0 bridgehead atoms. The number of nitrogens with one attached hydrogen (secondary N) is 2. The van der Waals surface area contributed by atoms with Crippen LogP contribution < -0.4 is 15.4 Å². The highest BCUT2D eigenvalue weighted by Crippen LogP contribution is 2.23. The molecule has 0 radical (unpaired) electrons. The molecule has 126 valence electrons. The van der Waals surface area contributed by atoms with Gasteiger partial charge in [0.1, 0.15) is 5.75 Å². The average Bonchev–Trinajstić information content (AvgIpc) is 2.67. The van der Waals surface area contributed by atoms with Gasteiger partial charge in [0.15, 0.2) is 0 Å². The highest BCUT2D eigenvalue weighted by atomic mass is 16.5. The normalized spacial score (nSPS) is 15.0. The Hall–Kier alpha value is -2.40. The molecule has 24 heavy (non-hydrogen) atoms. The summed E-state index contributed by atoms with van der Waals surface area (Å²) in [5.74, 6) is 1.28. The van der Waals surface area contributed by atoms with Crippen LogP contribution in [0.2, 0.25) is 0 Å². The van der Waals surface area contributed by atoms with Crippen LogP contribution in [0, 0.1) is 5.92 Å². The van der Waals surface area contributed by atoms with E-state index in [0.717, 1.165) is 49.4 Å². The van der Waals surface area contributed by atoms with Crippen molar-refractivity contribution < 1.29 is 9.53 Å². The summed E-state index contributed by atoms with van der Waals surface area (Å²) in [5.41, 5.74) is 2.47. The second kappa shape index (κ2) is 7.93. The molecule has 0 aliphatic carbocycles. The summed E-state index contributed by atoms with van der Waals surface area (Å²) in [7, 11) is 1.64. The fourth-order valence-corrected chi connectivity index (χ4v) is 2.95. The average molecular weight is 325 g/mol. The molecule has 5 nitrogen and oxygen atoms in total. The number of rotatable bonds is 5. The lowest BCUT2D eigenvalue weighted by Gasteiger charge is -2.22. The van der Waals surface area contributed by atoms with Crippen molar-refractivity contribution in [2.45, 2.75) is 12.8 Å². The molecule has 1 aliphatic rings. The molecular formula is C19H23N3O2. The van der Waals surface area contributed by atoms with E-state index in [1.54, 1.807) is 19.5 Å². The van der Waals surface area contributed by atoms with E-state index in [0.29, 0.717) is 11.5 Å². The van der Waals surface area contributed by atoms with E-state index in [1.807, 2.05) is 30.3 Å². The fourth-order valence-electron chi connectivity index (χ4n) is 2.95. The van der Waals surface area contributed by atoms with Crippen LogP contribution in [0.5, 0.6) is 5.75 Å². The van der Waals surface area contributed by atoms with Crippen LogP contribution in [0.15, 0.2) is 42.7 Å². The smallest absolute Gasteiger partial charge is 0.252 e. The lowest BCUT2D eigenvalue weighted by atomic mass is 9.98. The molecule has 2 heterocycles. The number of aromatic nitrogens is 1. The van der Waals surface area contributed by atoms with Gasteiger partial charge in [-0.3, -0.25) is 9.78 Å². The summed E-state index contributed by atoms with van der Waals surface area (Å²) >= 11 is 0. The number of pyridine rings is 1. The number of methoxy groups -OCH3 is 1. The SMILES string of the molecule is COc1cccc(-c2cncc(C(=O)NCC3CCNCC3)c2)c1. The quantitative estimate of drug-likeness (QED) is 0.886. The summed E-state index contributed by atoms with van der Waals surface area (Å²) < 4.78 is 5.25. The number of hydrogen-bond acceptors (Lipinski definition) is 4. The van der Waals surface area contributed by atoms with Gasteiger partial charge in [-0.15, -0.1) is 0 Å². The Morgan fingerprint density at radius 3 is 2.88 bits per heavy atom. The maximum absolute atomic E-state index is 12.4. The van der Waals surface area contributed by atoms with Gasteiger partial charge in [-0.25, -0.2) is 0 Å². The molecule has 1 saturated heterocycles. The summed E-state index contributed by atoms with van der Waals surface area (Å²) in [5, 5.41) is 6.37. The molecule has 0 spiro atoms. The van der Waals surface area contributed by atoms with Crippen molar-refractivity contribution in [1.82, 2.24) is 15.6 Å². The van der Waals surface area contributed by atoms with Gasteiger partial charge in [-0.1, -0.05) is 12.1 Å². The molecule has 0 saturated carbocycles. The Kier molecular flexibility index (Phi) is 5.43. The molecular weight excluding hydrogens is 302 g/mol. The fraction of sp³-hybridized carbons (Fsp3) is 0.368. The van der Waals surface area contributed by atoms with Crippen LogP contribution in [0.3, 0.4) is 0 Å². The van der Waals surface area contributed by atoms with Gasteiger partial charge >= 0.3 is 0 Å². The Morgan fingerprint density at radius 1 is 1.25 bits per heavy atom. The van der Waals surface area contributed by atoms with Gasteiger partial charge in [0.05, 0.1) is 12.7 Å². The lowest BCUT2D eigenvalue weighted by molar-refractivity contribution is 0.0944. The number of amides is 1. The summed E-state index contributed by atoms with van der Waals surface area (Å²) in [4.78, 5) is 16.6. The van der Waals surface area contributed by atoms with Gasteiger partial charge in [-0.05, 0) is 55.6 Å². The Balaban J connectivity index is 1.68. The number of piperidine rings is 1. The van der Waals surface area contributed by atoms with Gasteiger partial charge in [0.2, 0.25) is 0 Å². The second-order valence-electron chi connectivity index (χ2n) is 6.10. The molecule has 3 rings (SSSR count). The monoisotopic (exact) mass is 325 g/mol. The van der Waals surface area contributed by atoms with E-state index in [4.69, 9.17) is 4.74 Å². The van der Waals surface area contributed by atoms with Crippen LogP contribution in [0.25, 0.3) is 11.1 Å². The zero-order valence-corrected chi connectivity index (χ0v) is 13.9. The molecule has 5 heteroatoms. The standard InChI is InChI=1S/C19H23N3O2/c1-24-18-4-2-3-15(10-18)16-9-17(13-21-12-16)19(23)22-11-14-5-7-20-8-6-14/h2-4,9-10,12-14,20H,5-8,11H2,1H3,(H,22,23). The first-order valence-corrected chi connectivity index (χ1v) is 8.34. The van der Waals surface area contributed by atoms with Crippen molar-refractivity contribution in [2.24, 2.45) is 5.92 Å². The van der Waals surface area contributed by atoms with Crippen molar-refractivity contribution in [1.29, 1.82) is 0 Å². The summed E-state index contributed by atoms with van der Waals surface area (Å²) in [6, 6.07) is 9.62. The van der Waals surface area contributed by atoms with E-state index in [9.17, 15) is 4.79 Å². The number of carbonyl (C=O) groups is 1. The molecule has 1 aromatic heterocycles. The van der Waals surface area contributed by atoms with Crippen LogP contribution >= 0.6 is 0 Å². The topological polar surface area (TPSA) is 63.2 Å². The first kappa shape index (κ1) is 16.5. The molecule has 1 fully saturated rings. The third-order valence-electron chi connectivity index (χ3n) is 4.41. The predicted molar refractivity (Wildman–Crippen MR) is 94.2 cm³/mol. The highest BCUT2D eigenvalue weighted by molar-refractivity contribution is 5.95. The van der Waals surface area contributed by atoms with Crippen molar-refractivity contribution in [3.8, 4) is 16.9 Å². The van der Waals surface area contributed by atoms with E-state index in [1.165, 1.54) is 0 Å². The maximum Gasteiger partial charge on any atom is 0.252 e. The Morgan fingerprint density at radius 2 is 2.08 bits per heavy atom. The molecule has 1 amide bonds. The molecule has 2 aromatic rings. The van der Waals surface area contributed by atoms with Crippen molar-refractivity contribution >= 4 is 5.91 Å². The number of ether oxygens (including phenoxy) is 1. The minimum atomic E-state index is -0.0641. The molecule has 1 aliphatic heterocycles. The minimum absolute atomic E-state index is 0.0641. The van der Waals surface area contributed by atoms with Crippen molar-refractivity contribution in [3.05, 3.63) is 48.3 Å². The number of carbonyl (C=O) groups excluding carboxylic acids is 1. The number of benzene rings is 1. The van der Waals surface area contributed by atoms with Gasteiger partial charge in [0.25, 0.3) is 5.91 Å². The second-order valence-corrected chi connectivity index (χ2v) is 6.10. The molecule has 2 N–H and O–H groups in total. The Bertz CT molecular complexity index is 697. The van der Waals surface area contributed by atoms with Gasteiger partial charge < -0.3 is 15.4 Å². The molecule has 0 atom stereocenters. The van der Waals surface area contributed by atoms with Gasteiger partial charge in [0, 0.05) is 24.5 Å².